The van der Waals surface area contributed by atoms with E-state index in [2.05, 4.69) is 10.6 Å². The minimum Gasteiger partial charge on any atom is -0.375 e. The van der Waals surface area contributed by atoms with Crippen molar-refractivity contribution in [3.8, 4) is 0 Å². The molecule has 0 fully saturated rings. The molecule has 0 aliphatic heterocycles. The van der Waals surface area contributed by atoms with Crippen LogP contribution >= 0.6 is 0 Å². The van der Waals surface area contributed by atoms with Crippen molar-refractivity contribution >= 4 is 21.6 Å². The summed E-state index contributed by atoms with van der Waals surface area (Å²) in [5.74, 6) is -0.569. The van der Waals surface area contributed by atoms with Gasteiger partial charge in [0.2, 0.25) is 0 Å². The molecule has 8 heteroatoms. The SMILES string of the molecule is CN(C)c1ccc(CNC(=O)NCCS(=O)(=O)c2ccccc2)cc1F. The summed E-state index contributed by atoms with van der Waals surface area (Å²) in [6.45, 7) is 0.124. The van der Waals surface area contributed by atoms with Gasteiger partial charge in [-0.25, -0.2) is 17.6 Å². The minimum atomic E-state index is -3.44. The quantitative estimate of drug-likeness (QED) is 0.773. The Bertz CT molecular complexity index is 855. The first-order valence-corrected chi connectivity index (χ1v) is 9.70. The molecule has 0 bridgehead atoms. The first-order chi connectivity index (χ1) is 12.3. The van der Waals surface area contributed by atoms with E-state index in [4.69, 9.17) is 0 Å². The summed E-state index contributed by atoms with van der Waals surface area (Å²) in [7, 11) is 0.0483. The number of hydrogen-bond acceptors (Lipinski definition) is 4. The van der Waals surface area contributed by atoms with Crippen molar-refractivity contribution in [2.24, 2.45) is 0 Å². The Morgan fingerprint density at radius 3 is 2.38 bits per heavy atom. The van der Waals surface area contributed by atoms with Crippen LogP contribution in [0.4, 0.5) is 14.9 Å². The maximum Gasteiger partial charge on any atom is 0.315 e. The molecule has 0 heterocycles. The number of urea groups is 1. The summed E-state index contributed by atoms with van der Waals surface area (Å²) >= 11 is 0. The number of carbonyl (C=O) groups is 1. The molecule has 0 atom stereocenters. The van der Waals surface area contributed by atoms with Gasteiger partial charge in [0.05, 0.1) is 16.3 Å². The van der Waals surface area contributed by atoms with Crippen LogP contribution in [0.3, 0.4) is 0 Å². The maximum absolute atomic E-state index is 13.9. The summed E-state index contributed by atoms with van der Waals surface area (Å²) in [6, 6.07) is 12.3. The van der Waals surface area contributed by atoms with Gasteiger partial charge < -0.3 is 15.5 Å². The lowest BCUT2D eigenvalue weighted by atomic mass is 10.2. The number of rotatable bonds is 7. The van der Waals surface area contributed by atoms with Crippen molar-refractivity contribution in [2.45, 2.75) is 11.4 Å². The van der Waals surface area contributed by atoms with Crippen molar-refractivity contribution in [3.63, 3.8) is 0 Å². The van der Waals surface area contributed by atoms with Crippen molar-refractivity contribution in [3.05, 3.63) is 59.9 Å². The van der Waals surface area contributed by atoms with E-state index in [0.717, 1.165) is 0 Å². The van der Waals surface area contributed by atoms with Gasteiger partial charge in [-0.05, 0) is 29.8 Å². The van der Waals surface area contributed by atoms with E-state index in [-0.39, 0.29) is 29.6 Å². The summed E-state index contributed by atoms with van der Waals surface area (Å²) in [5.41, 5.74) is 1.07. The number of nitrogens with zero attached hydrogens (tertiary/aromatic N) is 1. The fraction of sp³-hybridized carbons (Fsp3) is 0.278. The molecule has 0 aliphatic carbocycles. The molecule has 0 aromatic heterocycles. The Balaban J connectivity index is 1.80. The fourth-order valence-corrected chi connectivity index (χ4v) is 3.49. The van der Waals surface area contributed by atoms with Crippen LogP contribution in [0.15, 0.2) is 53.4 Å². The second-order valence-electron chi connectivity index (χ2n) is 5.92. The number of amides is 2. The molecule has 0 unspecified atom stereocenters. The van der Waals surface area contributed by atoms with E-state index in [0.29, 0.717) is 11.3 Å². The molecule has 2 amide bonds. The Morgan fingerprint density at radius 1 is 1.08 bits per heavy atom. The second-order valence-corrected chi connectivity index (χ2v) is 8.03. The predicted molar refractivity (Wildman–Crippen MR) is 99.5 cm³/mol. The summed E-state index contributed by atoms with van der Waals surface area (Å²) in [5, 5.41) is 5.07. The maximum atomic E-state index is 13.9. The molecular weight excluding hydrogens is 357 g/mol. The molecule has 0 saturated carbocycles. The van der Waals surface area contributed by atoms with Crippen molar-refractivity contribution in [2.75, 3.05) is 31.3 Å². The lowest BCUT2D eigenvalue weighted by molar-refractivity contribution is 0.241. The molecule has 0 saturated heterocycles. The summed E-state index contributed by atoms with van der Waals surface area (Å²) in [4.78, 5) is 13.7. The topological polar surface area (TPSA) is 78.5 Å². The average Bonchev–Trinajstić information content (AvgIpc) is 2.60. The smallest absolute Gasteiger partial charge is 0.315 e. The van der Waals surface area contributed by atoms with Crippen molar-refractivity contribution in [1.82, 2.24) is 10.6 Å². The van der Waals surface area contributed by atoms with Gasteiger partial charge in [0.1, 0.15) is 5.82 Å². The molecule has 2 aromatic rings. The van der Waals surface area contributed by atoms with E-state index in [9.17, 15) is 17.6 Å². The number of hydrogen-bond donors (Lipinski definition) is 2. The normalized spacial score (nSPS) is 11.0. The van der Waals surface area contributed by atoms with Gasteiger partial charge in [-0.3, -0.25) is 0 Å². The highest BCUT2D eigenvalue weighted by Gasteiger charge is 2.14. The monoisotopic (exact) mass is 379 g/mol. The molecule has 0 radical (unpaired) electrons. The Morgan fingerprint density at radius 2 is 1.77 bits per heavy atom. The van der Waals surface area contributed by atoms with Crippen LogP contribution in [0.25, 0.3) is 0 Å². The van der Waals surface area contributed by atoms with Gasteiger partial charge in [0, 0.05) is 27.2 Å². The van der Waals surface area contributed by atoms with Gasteiger partial charge in [-0.1, -0.05) is 24.3 Å². The average molecular weight is 379 g/mol. The Kier molecular flexibility index (Phi) is 6.57. The van der Waals surface area contributed by atoms with E-state index >= 15 is 0 Å². The van der Waals surface area contributed by atoms with Crippen LogP contribution in [-0.2, 0) is 16.4 Å². The highest BCUT2D eigenvalue weighted by Crippen LogP contribution is 2.18. The molecule has 6 nitrogen and oxygen atoms in total. The van der Waals surface area contributed by atoms with E-state index < -0.39 is 15.9 Å². The zero-order valence-corrected chi connectivity index (χ0v) is 15.5. The van der Waals surface area contributed by atoms with Crippen LogP contribution in [0.5, 0.6) is 0 Å². The van der Waals surface area contributed by atoms with Crippen molar-refractivity contribution < 1.29 is 17.6 Å². The van der Waals surface area contributed by atoms with E-state index in [1.165, 1.54) is 18.2 Å². The zero-order chi connectivity index (χ0) is 19.2. The molecule has 140 valence electrons. The number of halogens is 1. The molecular formula is C18H22FN3O3S. The third-order valence-corrected chi connectivity index (χ3v) is 5.44. The lowest BCUT2D eigenvalue weighted by Gasteiger charge is -2.14. The fourth-order valence-electron chi connectivity index (χ4n) is 2.31. The van der Waals surface area contributed by atoms with Gasteiger partial charge in [0.15, 0.2) is 9.84 Å². The molecule has 2 rings (SSSR count). The van der Waals surface area contributed by atoms with Gasteiger partial charge >= 0.3 is 6.03 Å². The van der Waals surface area contributed by atoms with Crippen LogP contribution in [0.1, 0.15) is 5.56 Å². The number of anilines is 1. The van der Waals surface area contributed by atoms with Crippen LogP contribution < -0.4 is 15.5 Å². The molecule has 0 spiro atoms. The largest absolute Gasteiger partial charge is 0.375 e. The lowest BCUT2D eigenvalue weighted by Crippen LogP contribution is -2.37. The van der Waals surface area contributed by atoms with Crippen LogP contribution in [0, 0.1) is 5.82 Å². The highest BCUT2D eigenvalue weighted by molar-refractivity contribution is 7.91. The predicted octanol–water partition coefficient (Wildman–Crippen LogP) is 2.16. The summed E-state index contributed by atoms with van der Waals surface area (Å²) in [6.07, 6.45) is 0. The highest BCUT2D eigenvalue weighted by atomic mass is 32.2. The van der Waals surface area contributed by atoms with Gasteiger partial charge in [0.25, 0.3) is 0 Å². The van der Waals surface area contributed by atoms with E-state index in [1.807, 2.05) is 0 Å². The Labute approximate surface area is 152 Å². The van der Waals surface area contributed by atoms with E-state index in [1.54, 1.807) is 49.3 Å². The van der Waals surface area contributed by atoms with Gasteiger partial charge in [-0.2, -0.15) is 0 Å². The molecule has 2 N–H and O–H groups in total. The summed E-state index contributed by atoms with van der Waals surface area (Å²) < 4.78 is 38.1. The first kappa shape index (κ1) is 19.7. The molecule has 26 heavy (non-hydrogen) atoms. The number of nitrogens with one attached hydrogen (secondary N) is 2. The zero-order valence-electron chi connectivity index (χ0n) is 14.7. The van der Waals surface area contributed by atoms with Crippen LogP contribution in [0.2, 0.25) is 0 Å². The van der Waals surface area contributed by atoms with Crippen molar-refractivity contribution in [1.29, 1.82) is 0 Å². The number of carbonyl (C=O) groups excluding carboxylic acids is 1. The third kappa shape index (κ3) is 5.45. The number of sulfone groups is 1. The molecule has 0 aliphatic rings. The minimum absolute atomic E-state index is 0.0169. The molecule has 2 aromatic carbocycles. The van der Waals surface area contributed by atoms with Gasteiger partial charge in [-0.15, -0.1) is 0 Å². The Hall–Kier alpha value is -2.61. The second kappa shape index (κ2) is 8.66. The number of benzene rings is 2. The third-order valence-electron chi connectivity index (χ3n) is 3.71. The first-order valence-electron chi connectivity index (χ1n) is 8.05. The van der Waals surface area contributed by atoms with Crippen LogP contribution in [-0.4, -0.2) is 40.8 Å². The standard InChI is InChI=1S/C18H22FN3O3S/c1-22(2)17-9-8-14(12-16(17)19)13-21-18(23)20-10-11-26(24,25)15-6-4-3-5-7-15/h3-9,12H,10-11,13H2,1-2H3,(H2,20,21,23).